The van der Waals surface area contributed by atoms with E-state index >= 15 is 0 Å². The van der Waals surface area contributed by atoms with Crippen molar-refractivity contribution >= 4 is 12.6 Å². The molecule has 0 aliphatic rings. The Bertz CT molecular complexity index is 254. The second-order valence-corrected chi connectivity index (χ2v) is 5.17. The SMILES string of the molecule is CCCCC/C=C/C=C/C=O.CCCCCCCCC=O. The maximum atomic E-state index is 9.89. The van der Waals surface area contributed by atoms with Crippen molar-refractivity contribution in [2.45, 2.75) is 84.5 Å². The molecule has 0 unspecified atom stereocenters. The first-order valence-electron chi connectivity index (χ1n) is 8.54. The fourth-order valence-corrected chi connectivity index (χ4v) is 1.80. The molecule has 0 heterocycles. The molecule has 0 spiro atoms. The molecule has 0 aromatic heterocycles. The number of carbonyl (C=O) groups excluding carboxylic acids is 2. The molecular weight excluding hydrogens is 260 g/mol. The molecule has 0 aliphatic carbocycles. The van der Waals surface area contributed by atoms with Gasteiger partial charge in [-0.05, 0) is 25.3 Å². The van der Waals surface area contributed by atoms with Gasteiger partial charge in [-0.25, -0.2) is 0 Å². The van der Waals surface area contributed by atoms with Gasteiger partial charge in [0.2, 0.25) is 0 Å². The summed E-state index contributed by atoms with van der Waals surface area (Å²) in [4.78, 5) is 19.7. The van der Waals surface area contributed by atoms with E-state index in [0.717, 1.165) is 31.8 Å². The van der Waals surface area contributed by atoms with Crippen molar-refractivity contribution in [3.05, 3.63) is 24.3 Å². The molecule has 0 aromatic rings. The Morgan fingerprint density at radius 1 is 0.619 bits per heavy atom. The van der Waals surface area contributed by atoms with Gasteiger partial charge in [0.25, 0.3) is 0 Å². The molecule has 0 bridgehead atoms. The lowest BCUT2D eigenvalue weighted by molar-refractivity contribution is -0.108. The average Bonchev–Trinajstić information content (AvgIpc) is 2.51. The van der Waals surface area contributed by atoms with Crippen LogP contribution < -0.4 is 0 Å². The molecule has 0 saturated carbocycles. The number of rotatable bonds is 13. The van der Waals surface area contributed by atoms with Crippen LogP contribution in [0.15, 0.2) is 24.3 Å². The summed E-state index contributed by atoms with van der Waals surface area (Å²) in [5.41, 5.74) is 0. The molecule has 0 aromatic carbocycles. The lowest BCUT2D eigenvalue weighted by Crippen LogP contribution is -1.79. The average molecular weight is 294 g/mol. The van der Waals surface area contributed by atoms with Crippen LogP contribution in [-0.2, 0) is 9.59 Å². The number of carbonyl (C=O) groups is 2. The standard InChI is InChI=1S/C10H16O.C9H18O/c1-2-3-4-5-6-7-8-9-10-11;1-2-3-4-5-6-7-8-9-10/h6-10H,2-5H2,1H3;9H,2-8H2,1H3/b7-6+,9-8+;. The molecule has 122 valence electrons. The predicted octanol–water partition coefficient (Wildman–Crippen LogP) is 5.81. The number of unbranched alkanes of at least 4 members (excludes halogenated alkanes) is 9. The summed E-state index contributed by atoms with van der Waals surface area (Å²) in [5.74, 6) is 0. The van der Waals surface area contributed by atoms with Gasteiger partial charge in [0, 0.05) is 6.42 Å². The largest absolute Gasteiger partial charge is 0.303 e. The fourth-order valence-electron chi connectivity index (χ4n) is 1.80. The molecule has 0 rings (SSSR count). The van der Waals surface area contributed by atoms with Crippen LogP contribution in [0.25, 0.3) is 0 Å². The maximum Gasteiger partial charge on any atom is 0.142 e. The number of aldehydes is 2. The zero-order valence-electron chi connectivity index (χ0n) is 14.1. The summed E-state index contributed by atoms with van der Waals surface area (Å²) in [6, 6.07) is 0. The molecule has 0 fully saturated rings. The fraction of sp³-hybridized carbons (Fsp3) is 0.684. The van der Waals surface area contributed by atoms with Crippen molar-refractivity contribution in [1.82, 2.24) is 0 Å². The van der Waals surface area contributed by atoms with Gasteiger partial charge in [0.05, 0.1) is 0 Å². The van der Waals surface area contributed by atoms with Crippen LogP contribution in [0.4, 0.5) is 0 Å². The molecule has 0 atom stereocenters. The third-order valence-corrected chi connectivity index (χ3v) is 3.09. The Labute approximate surface area is 131 Å². The van der Waals surface area contributed by atoms with E-state index in [0.29, 0.717) is 0 Å². The van der Waals surface area contributed by atoms with E-state index in [2.05, 4.69) is 19.9 Å². The van der Waals surface area contributed by atoms with Crippen LogP contribution in [0.2, 0.25) is 0 Å². The summed E-state index contributed by atoms with van der Waals surface area (Å²) < 4.78 is 0. The Morgan fingerprint density at radius 3 is 1.81 bits per heavy atom. The van der Waals surface area contributed by atoms with Crippen molar-refractivity contribution in [3.8, 4) is 0 Å². The maximum absolute atomic E-state index is 9.89. The highest BCUT2D eigenvalue weighted by Gasteiger charge is 1.87. The van der Waals surface area contributed by atoms with Gasteiger partial charge in [-0.3, -0.25) is 4.79 Å². The van der Waals surface area contributed by atoms with Gasteiger partial charge < -0.3 is 4.79 Å². The van der Waals surface area contributed by atoms with E-state index in [9.17, 15) is 9.59 Å². The quantitative estimate of drug-likeness (QED) is 0.186. The van der Waals surface area contributed by atoms with Crippen LogP contribution in [0.1, 0.15) is 84.5 Å². The molecule has 2 heteroatoms. The van der Waals surface area contributed by atoms with E-state index in [-0.39, 0.29) is 0 Å². The number of allylic oxidation sites excluding steroid dienone is 4. The minimum Gasteiger partial charge on any atom is -0.303 e. The minimum atomic E-state index is 0.756. The van der Waals surface area contributed by atoms with Crippen LogP contribution in [0.5, 0.6) is 0 Å². The van der Waals surface area contributed by atoms with Crippen LogP contribution >= 0.6 is 0 Å². The lowest BCUT2D eigenvalue weighted by atomic mass is 10.1. The highest BCUT2D eigenvalue weighted by atomic mass is 16.1. The van der Waals surface area contributed by atoms with Crippen molar-refractivity contribution < 1.29 is 9.59 Å². The van der Waals surface area contributed by atoms with Crippen molar-refractivity contribution in [2.24, 2.45) is 0 Å². The Kier molecular flexibility index (Phi) is 25.1. The Hall–Kier alpha value is -1.18. The predicted molar refractivity (Wildman–Crippen MR) is 92.5 cm³/mol. The highest BCUT2D eigenvalue weighted by molar-refractivity contribution is 5.65. The second kappa shape index (κ2) is 23.9. The second-order valence-electron chi connectivity index (χ2n) is 5.17. The molecule has 0 radical (unpaired) electrons. The van der Waals surface area contributed by atoms with Crippen LogP contribution in [0, 0.1) is 0 Å². The number of hydrogen-bond donors (Lipinski definition) is 0. The third-order valence-electron chi connectivity index (χ3n) is 3.09. The lowest BCUT2D eigenvalue weighted by Gasteiger charge is -1.95. The molecule has 21 heavy (non-hydrogen) atoms. The molecule has 0 amide bonds. The summed E-state index contributed by atoms with van der Waals surface area (Å²) >= 11 is 0. The van der Waals surface area contributed by atoms with E-state index in [1.807, 2.05) is 6.08 Å². The molecule has 2 nitrogen and oxygen atoms in total. The van der Waals surface area contributed by atoms with Gasteiger partial charge in [0.1, 0.15) is 12.6 Å². The van der Waals surface area contributed by atoms with Crippen molar-refractivity contribution in [2.75, 3.05) is 0 Å². The summed E-state index contributed by atoms with van der Waals surface area (Å²) in [5, 5.41) is 0. The summed E-state index contributed by atoms with van der Waals surface area (Å²) in [7, 11) is 0. The first-order valence-corrected chi connectivity index (χ1v) is 8.54. The zero-order chi connectivity index (χ0) is 16.0. The van der Waals surface area contributed by atoms with Gasteiger partial charge in [-0.2, -0.15) is 0 Å². The molecule has 0 aliphatic heterocycles. The van der Waals surface area contributed by atoms with Gasteiger partial charge in [-0.1, -0.05) is 77.0 Å². The van der Waals surface area contributed by atoms with Gasteiger partial charge in [-0.15, -0.1) is 0 Å². The zero-order valence-corrected chi connectivity index (χ0v) is 14.1. The molecule has 0 N–H and O–H groups in total. The molecule has 0 saturated heterocycles. The first kappa shape index (κ1) is 22.1. The monoisotopic (exact) mass is 294 g/mol. The van der Waals surface area contributed by atoms with Crippen LogP contribution in [-0.4, -0.2) is 12.6 Å². The van der Waals surface area contributed by atoms with E-state index < -0.39 is 0 Å². The molecular formula is C19H34O2. The first-order chi connectivity index (χ1) is 10.3. The van der Waals surface area contributed by atoms with Crippen molar-refractivity contribution in [1.29, 1.82) is 0 Å². The Balaban J connectivity index is 0. The minimum absolute atomic E-state index is 0.756. The van der Waals surface area contributed by atoms with Crippen LogP contribution in [0.3, 0.4) is 0 Å². The smallest absolute Gasteiger partial charge is 0.142 e. The topological polar surface area (TPSA) is 34.1 Å². The van der Waals surface area contributed by atoms with E-state index in [1.165, 1.54) is 57.4 Å². The van der Waals surface area contributed by atoms with Gasteiger partial charge >= 0.3 is 0 Å². The normalized spacial score (nSPS) is 10.6. The summed E-state index contributed by atoms with van der Waals surface area (Å²) in [6.07, 6.45) is 22.4. The van der Waals surface area contributed by atoms with E-state index in [1.54, 1.807) is 6.08 Å². The van der Waals surface area contributed by atoms with Gasteiger partial charge in [0.15, 0.2) is 0 Å². The Morgan fingerprint density at radius 2 is 1.19 bits per heavy atom. The third kappa shape index (κ3) is 27.9. The number of hydrogen-bond acceptors (Lipinski definition) is 2. The van der Waals surface area contributed by atoms with Crippen molar-refractivity contribution in [3.63, 3.8) is 0 Å². The highest BCUT2D eigenvalue weighted by Crippen LogP contribution is 2.05. The van der Waals surface area contributed by atoms with E-state index in [4.69, 9.17) is 0 Å². The summed E-state index contributed by atoms with van der Waals surface area (Å²) in [6.45, 7) is 4.40.